The Morgan fingerprint density at radius 3 is 2.38 bits per heavy atom. The van der Waals surface area contributed by atoms with E-state index in [0.29, 0.717) is 6.61 Å². The summed E-state index contributed by atoms with van der Waals surface area (Å²) in [6.07, 6.45) is 0. The summed E-state index contributed by atoms with van der Waals surface area (Å²) in [7, 11) is 0. The van der Waals surface area contributed by atoms with Gasteiger partial charge in [0.05, 0.1) is 12.1 Å². The minimum absolute atomic E-state index is 0.137. The van der Waals surface area contributed by atoms with E-state index in [9.17, 15) is 0 Å². The molecule has 0 aliphatic heterocycles. The fourth-order valence-electron chi connectivity index (χ4n) is 1.63. The van der Waals surface area contributed by atoms with Crippen LogP contribution < -0.4 is 10.1 Å². The van der Waals surface area contributed by atoms with Crippen LogP contribution in [-0.4, -0.2) is 18.6 Å². The first-order chi connectivity index (χ1) is 7.60. The minimum Gasteiger partial charge on any atom is -0.494 e. The van der Waals surface area contributed by atoms with Crippen molar-refractivity contribution in [2.45, 2.75) is 26.2 Å². The van der Waals surface area contributed by atoms with Crippen LogP contribution in [0.3, 0.4) is 0 Å². The highest BCUT2D eigenvalue weighted by molar-refractivity contribution is 9.09. The first kappa shape index (κ1) is 13.5. The van der Waals surface area contributed by atoms with E-state index in [0.717, 1.165) is 17.7 Å². The standard InChI is InChI=1S/C13H20BrNO/c1-4-16-12-7-5-11(6-8-12)13(2,3)9-15-10-14/h5-8,15H,4,9-10H2,1-3H3. The number of ether oxygens (including phenoxy) is 1. The summed E-state index contributed by atoms with van der Waals surface area (Å²) in [5.41, 5.74) is 2.29. The van der Waals surface area contributed by atoms with Crippen LogP contribution in [0.15, 0.2) is 24.3 Å². The topological polar surface area (TPSA) is 21.3 Å². The molecule has 0 unspecified atom stereocenters. The zero-order valence-corrected chi connectivity index (χ0v) is 11.8. The Kier molecular flexibility index (Phi) is 5.29. The van der Waals surface area contributed by atoms with Gasteiger partial charge in [0.2, 0.25) is 0 Å². The second-order valence-electron chi connectivity index (χ2n) is 4.40. The maximum absolute atomic E-state index is 5.43. The average molecular weight is 286 g/mol. The molecule has 0 atom stereocenters. The smallest absolute Gasteiger partial charge is 0.119 e. The molecule has 1 aromatic carbocycles. The van der Waals surface area contributed by atoms with Gasteiger partial charge in [-0.15, -0.1) is 0 Å². The van der Waals surface area contributed by atoms with E-state index in [1.165, 1.54) is 5.56 Å². The number of hydrogen-bond donors (Lipinski definition) is 1. The van der Waals surface area contributed by atoms with E-state index in [2.05, 4.69) is 47.2 Å². The zero-order chi connectivity index (χ0) is 12.0. The quantitative estimate of drug-likeness (QED) is 0.640. The summed E-state index contributed by atoms with van der Waals surface area (Å²) in [5.74, 6) is 0.940. The molecule has 2 nitrogen and oxygen atoms in total. The Morgan fingerprint density at radius 2 is 1.88 bits per heavy atom. The van der Waals surface area contributed by atoms with Gasteiger partial charge in [-0.3, -0.25) is 0 Å². The molecule has 0 aliphatic carbocycles. The highest BCUT2D eigenvalue weighted by atomic mass is 79.9. The first-order valence-corrected chi connectivity index (χ1v) is 6.72. The summed E-state index contributed by atoms with van der Waals surface area (Å²) in [6.45, 7) is 8.13. The predicted molar refractivity (Wildman–Crippen MR) is 72.4 cm³/mol. The van der Waals surface area contributed by atoms with Crippen molar-refractivity contribution in [3.05, 3.63) is 29.8 Å². The van der Waals surface area contributed by atoms with Crippen molar-refractivity contribution in [3.8, 4) is 5.75 Å². The zero-order valence-electron chi connectivity index (χ0n) is 10.2. The summed E-state index contributed by atoms with van der Waals surface area (Å²) in [5, 5.41) is 3.31. The SMILES string of the molecule is CCOc1ccc(C(C)(C)CNCBr)cc1. The Morgan fingerprint density at radius 1 is 1.25 bits per heavy atom. The number of alkyl halides is 1. The maximum Gasteiger partial charge on any atom is 0.119 e. The fraction of sp³-hybridized carbons (Fsp3) is 0.538. The van der Waals surface area contributed by atoms with Crippen molar-refractivity contribution in [1.82, 2.24) is 5.32 Å². The lowest BCUT2D eigenvalue weighted by Gasteiger charge is -2.25. The molecule has 1 aromatic rings. The van der Waals surface area contributed by atoms with E-state index in [4.69, 9.17) is 4.74 Å². The van der Waals surface area contributed by atoms with E-state index in [1.54, 1.807) is 0 Å². The van der Waals surface area contributed by atoms with Crippen LogP contribution in [0, 0.1) is 0 Å². The maximum atomic E-state index is 5.43. The van der Waals surface area contributed by atoms with Gasteiger partial charge in [-0.25, -0.2) is 0 Å². The highest BCUT2D eigenvalue weighted by Gasteiger charge is 2.19. The molecule has 0 saturated heterocycles. The molecule has 1 N–H and O–H groups in total. The van der Waals surface area contributed by atoms with Crippen LogP contribution in [0.2, 0.25) is 0 Å². The van der Waals surface area contributed by atoms with Gasteiger partial charge < -0.3 is 10.1 Å². The molecule has 16 heavy (non-hydrogen) atoms. The molecule has 0 aromatic heterocycles. The molecule has 0 saturated carbocycles. The molecule has 90 valence electrons. The van der Waals surface area contributed by atoms with E-state index >= 15 is 0 Å². The van der Waals surface area contributed by atoms with Crippen molar-refractivity contribution < 1.29 is 4.74 Å². The molecule has 1 rings (SSSR count). The van der Waals surface area contributed by atoms with Crippen LogP contribution in [-0.2, 0) is 5.41 Å². The van der Waals surface area contributed by atoms with Crippen LogP contribution in [0.25, 0.3) is 0 Å². The van der Waals surface area contributed by atoms with Crippen LogP contribution in [0.1, 0.15) is 26.3 Å². The normalized spacial score (nSPS) is 11.5. The molecule has 0 bridgehead atoms. The predicted octanol–water partition coefficient (Wildman–Crippen LogP) is 3.30. The molecule has 0 aliphatic rings. The molecular weight excluding hydrogens is 266 g/mol. The Balaban J connectivity index is 2.71. The average Bonchev–Trinajstić information content (AvgIpc) is 2.28. The summed E-state index contributed by atoms with van der Waals surface area (Å²) in [6, 6.07) is 8.35. The lowest BCUT2D eigenvalue weighted by molar-refractivity contribution is 0.340. The van der Waals surface area contributed by atoms with Gasteiger partial charge in [0, 0.05) is 12.0 Å². The highest BCUT2D eigenvalue weighted by Crippen LogP contribution is 2.24. The summed E-state index contributed by atoms with van der Waals surface area (Å²) < 4.78 is 5.43. The Bertz CT molecular complexity index is 308. The van der Waals surface area contributed by atoms with Gasteiger partial charge in [-0.2, -0.15) is 0 Å². The van der Waals surface area contributed by atoms with Gasteiger partial charge in [0.15, 0.2) is 0 Å². The van der Waals surface area contributed by atoms with Gasteiger partial charge in [-0.05, 0) is 24.6 Å². The van der Waals surface area contributed by atoms with Gasteiger partial charge in [0.25, 0.3) is 0 Å². The van der Waals surface area contributed by atoms with Crippen LogP contribution in [0.5, 0.6) is 5.75 Å². The molecule has 0 heterocycles. The largest absolute Gasteiger partial charge is 0.494 e. The van der Waals surface area contributed by atoms with Crippen molar-refractivity contribution in [1.29, 1.82) is 0 Å². The first-order valence-electron chi connectivity index (χ1n) is 5.60. The van der Waals surface area contributed by atoms with Crippen molar-refractivity contribution in [2.24, 2.45) is 0 Å². The number of rotatable bonds is 6. The summed E-state index contributed by atoms with van der Waals surface area (Å²) >= 11 is 3.38. The second-order valence-corrected chi connectivity index (χ2v) is 4.96. The van der Waals surface area contributed by atoms with Gasteiger partial charge in [0.1, 0.15) is 5.75 Å². The number of hydrogen-bond acceptors (Lipinski definition) is 2. The Labute approximate surface area is 107 Å². The van der Waals surface area contributed by atoms with Crippen LogP contribution >= 0.6 is 15.9 Å². The molecular formula is C13H20BrNO. The number of benzene rings is 1. The lowest BCUT2D eigenvalue weighted by Crippen LogP contribution is -2.32. The Hall–Kier alpha value is -0.540. The van der Waals surface area contributed by atoms with E-state index < -0.39 is 0 Å². The number of halogens is 1. The fourth-order valence-corrected chi connectivity index (χ4v) is 1.83. The third kappa shape index (κ3) is 3.80. The second kappa shape index (κ2) is 6.26. The van der Waals surface area contributed by atoms with Crippen molar-refractivity contribution in [3.63, 3.8) is 0 Å². The third-order valence-corrected chi connectivity index (χ3v) is 3.00. The van der Waals surface area contributed by atoms with E-state index in [1.807, 2.05) is 19.1 Å². The third-order valence-electron chi connectivity index (χ3n) is 2.61. The van der Waals surface area contributed by atoms with Gasteiger partial charge >= 0.3 is 0 Å². The number of nitrogens with one attached hydrogen (secondary N) is 1. The van der Waals surface area contributed by atoms with Crippen molar-refractivity contribution in [2.75, 3.05) is 18.6 Å². The van der Waals surface area contributed by atoms with Gasteiger partial charge in [-0.1, -0.05) is 41.9 Å². The van der Waals surface area contributed by atoms with E-state index in [-0.39, 0.29) is 5.41 Å². The van der Waals surface area contributed by atoms with Crippen LogP contribution in [0.4, 0.5) is 0 Å². The minimum atomic E-state index is 0.137. The molecule has 0 spiro atoms. The molecule has 0 radical (unpaired) electrons. The molecule has 0 fully saturated rings. The van der Waals surface area contributed by atoms with Crippen molar-refractivity contribution >= 4 is 15.9 Å². The molecule has 3 heteroatoms. The monoisotopic (exact) mass is 285 g/mol. The molecule has 0 amide bonds. The summed E-state index contributed by atoms with van der Waals surface area (Å²) in [4.78, 5) is 0. The lowest BCUT2D eigenvalue weighted by atomic mass is 9.84.